The summed E-state index contributed by atoms with van der Waals surface area (Å²) in [4.78, 5) is 23.0. The number of aromatic hydroxyl groups is 1. The highest BCUT2D eigenvalue weighted by molar-refractivity contribution is 6.41. The van der Waals surface area contributed by atoms with E-state index in [4.69, 9.17) is 9.47 Å². The van der Waals surface area contributed by atoms with Crippen molar-refractivity contribution in [3.63, 3.8) is 0 Å². The van der Waals surface area contributed by atoms with E-state index < -0.39 is 11.8 Å². The zero-order chi connectivity index (χ0) is 13.7. The van der Waals surface area contributed by atoms with Gasteiger partial charge in [-0.3, -0.25) is 4.79 Å². The Bertz CT molecular complexity index is 466. The molecule has 0 aliphatic rings. The molecule has 6 nitrogen and oxygen atoms in total. The van der Waals surface area contributed by atoms with Gasteiger partial charge in [0.2, 0.25) is 0 Å². The summed E-state index contributed by atoms with van der Waals surface area (Å²) in [6, 6.07) is 2.43. The van der Waals surface area contributed by atoms with E-state index in [2.05, 4.69) is 4.74 Å². The largest absolute Gasteiger partial charge is 0.507 e. The molecule has 1 N–H and O–H groups in total. The number of carbonyl (C=O) groups is 2. The molecule has 0 amide bonds. The van der Waals surface area contributed by atoms with Crippen LogP contribution in [0, 0.1) is 0 Å². The van der Waals surface area contributed by atoms with E-state index in [1.54, 1.807) is 6.92 Å². The Morgan fingerprint density at radius 1 is 1.17 bits per heavy atom. The van der Waals surface area contributed by atoms with Crippen molar-refractivity contribution in [2.75, 3.05) is 20.8 Å². The molecule has 0 bridgehead atoms. The Balaban J connectivity index is 3.17. The molecule has 0 aliphatic heterocycles. The van der Waals surface area contributed by atoms with E-state index in [1.165, 1.54) is 26.4 Å². The minimum Gasteiger partial charge on any atom is -0.507 e. The molecule has 0 saturated carbocycles. The molecule has 0 aromatic heterocycles. The van der Waals surface area contributed by atoms with Crippen LogP contribution in [0.4, 0.5) is 0 Å². The van der Waals surface area contributed by atoms with Crippen LogP contribution in [-0.2, 0) is 9.53 Å². The number of ketones is 1. The topological polar surface area (TPSA) is 82.1 Å². The molecule has 0 unspecified atom stereocenters. The number of carbonyl (C=O) groups excluding carboxylic acids is 2. The van der Waals surface area contributed by atoms with Gasteiger partial charge in [-0.15, -0.1) is 0 Å². The highest BCUT2D eigenvalue weighted by Crippen LogP contribution is 2.34. The Labute approximate surface area is 104 Å². The van der Waals surface area contributed by atoms with Crippen LogP contribution in [0.1, 0.15) is 17.3 Å². The molecule has 0 saturated heterocycles. The maximum Gasteiger partial charge on any atom is 0.379 e. The molecule has 0 fully saturated rings. The number of ether oxygens (including phenoxy) is 3. The number of rotatable bonds is 5. The predicted molar refractivity (Wildman–Crippen MR) is 62.2 cm³/mol. The summed E-state index contributed by atoms with van der Waals surface area (Å²) in [6.45, 7) is 1.66. The molecule has 0 radical (unpaired) electrons. The van der Waals surface area contributed by atoms with Crippen molar-refractivity contribution in [1.82, 2.24) is 0 Å². The molecule has 98 valence electrons. The summed E-state index contributed by atoms with van der Waals surface area (Å²) in [7, 11) is 2.78. The summed E-state index contributed by atoms with van der Waals surface area (Å²) in [5.41, 5.74) is -0.189. The van der Waals surface area contributed by atoms with Crippen molar-refractivity contribution in [2.45, 2.75) is 6.92 Å². The Hall–Kier alpha value is -2.24. The second-order valence-corrected chi connectivity index (χ2v) is 3.27. The fraction of sp³-hybridized carbons (Fsp3) is 0.333. The lowest BCUT2D eigenvalue weighted by molar-refractivity contribution is -0.137. The summed E-state index contributed by atoms with van der Waals surface area (Å²) in [5.74, 6) is -1.83. The fourth-order valence-electron chi connectivity index (χ4n) is 1.36. The van der Waals surface area contributed by atoms with E-state index in [0.29, 0.717) is 0 Å². The number of methoxy groups -OCH3 is 2. The molecule has 0 aliphatic carbocycles. The minimum atomic E-state index is -1.03. The van der Waals surface area contributed by atoms with Gasteiger partial charge in [-0.05, 0) is 13.0 Å². The number of hydrogen-bond acceptors (Lipinski definition) is 6. The first-order valence-corrected chi connectivity index (χ1v) is 5.21. The lowest BCUT2D eigenvalue weighted by Crippen LogP contribution is -2.17. The van der Waals surface area contributed by atoms with Gasteiger partial charge in [0, 0.05) is 6.07 Å². The average molecular weight is 254 g/mol. The van der Waals surface area contributed by atoms with Crippen molar-refractivity contribution in [3.05, 3.63) is 17.7 Å². The fourth-order valence-corrected chi connectivity index (χ4v) is 1.36. The maximum absolute atomic E-state index is 11.7. The van der Waals surface area contributed by atoms with Crippen LogP contribution in [0.3, 0.4) is 0 Å². The summed E-state index contributed by atoms with van der Waals surface area (Å²) in [5, 5.41) is 9.67. The first kappa shape index (κ1) is 13.8. The van der Waals surface area contributed by atoms with Gasteiger partial charge in [-0.1, -0.05) is 0 Å². The van der Waals surface area contributed by atoms with Gasteiger partial charge in [-0.25, -0.2) is 4.79 Å². The first-order valence-electron chi connectivity index (χ1n) is 5.21. The smallest absolute Gasteiger partial charge is 0.379 e. The standard InChI is InChI=1S/C12H14O6/c1-4-18-12(15)11(14)7-5-9(16-2)10(17-3)6-8(7)13/h5-6,13H,4H2,1-3H3. The highest BCUT2D eigenvalue weighted by Gasteiger charge is 2.23. The van der Waals surface area contributed by atoms with Gasteiger partial charge in [0.05, 0.1) is 26.4 Å². The third kappa shape index (κ3) is 2.71. The van der Waals surface area contributed by atoms with Crippen molar-refractivity contribution >= 4 is 11.8 Å². The van der Waals surface area contributed by atoms with Crippen molar-refractivity contribution < 1.29 is 28.9 Å². The number of phenols is 1. The monoisotopic (exact) mass is 254 g/mol. The number of Topliss-reactive ketones (excluding diaryl/α,β-unsaturated/α-hetero) is 1. The molecule has 18 heavy (non-hydrogen) atoms. The Kier molecular flexibility index (Phi) is 4.53. The first-order chi connectivity index (χ1) is 8.54. The van der Waals surface area contributed by atoms with Gasteiger partial charge < -0.3 is 19.3 Å². The Morgan fingerprint density at radius 3 is 2.22 bits per heavy atom. The van der Waals surface area contributed by atoms with Gasteiger partial charge in [0.15, 0.2) is 11.5 Å². The quantitative estimate of drug-likeness (QED) is 0.482. The van der Waals surface area contributed by atoms with Crippen molar-refractivity contribution in [2.24, 2.45) is 0 Å². The van der Waals surface area contributed by atoms with Crippen molar-refractivity contribution in [3.8, 4) is 17.2 Å². The van der Waals surface area contributed by atoms with Crippen LogP contribution in [0.5, 0.6) is 17.2 Å². The maximum atomic E-state index is 11.7. The normalized spacial score (nSPS) is 9.72. The lowest BCUT2D eigenvalue weighted by Gasteiger charge is -2.10. The van der Waals surface area contributed by atoms with E-state index >= 15 is 0 Å². The van der Waals surface area contributed by atoms with E-state index in [0.717, 1.165) is 0 Å². The van der Waals surface area contributed by atoms with Gasteiger partial charge in [0.1, 0.15) is 5.75 Å². The average Bonchev–Trinajstić information content (AvgIpc) is 2.37. The summed E-state index contributed by atoms with van der Waals surface area (Å²) >= 11 is 0. The predicted octanol–water partition coefficient (Wildman–Crippen LogP) is 1.16. The van der Waals surface area contributed by atoms with Crippen LogP contribution in [-0.4, -0.2) is 37.7 Å². The molecule has 1 aromatic rings. The van der Waals surface area contributed by atoms with Crippen LogP contribution in [0.2, 0.25) is 0 Å². The number of benzene rings is 1. The molecule has 0 spiro atoms. The van der Waals surface area contributed by atoms with E-state index in [1.807, 2.05) is 0 Å². The zero-order valence-corrected chi connectivity index (χ0v) is 10.4. The van der Waals surface area contributed by atoms with Crippen LogP contribution >= 0.6 is 0 Å². The van der Waals surface area contributed by atoms with Gasteiger partial charge in [0.25, 0.3) is 5.78 Å². The molecule has 1 rings (SSSR count). The molecule has 0 heterocycles. The highest BCUT2D eigenvalue weighted by atomic mass is 16.5. The van der Waals surface area contributed by atoms with Crippen LogP contribution in [0.15, 0.2) is 12.1 Å². The molecular weight excluding hydrogens is 240 g/mol. The minimum absolute atomic E-state index is 0.0820. The molecule has 0 atom stereocenters. The van der Waals surface area contributed by atoms with Crippen molar-refractivity contribution in [1.29, 1.82) is 0 Å². The van der Waals surface area contributed by atoms with Crippen LogP contribution in [0.25, 0.3) is 0 Å². The number of phenolic OH excluding ortho intramolecular Hbond substituents is 1. The van der Waals surface area contributed by atoms with E-state index in [-0.39, 0.29) is 29.4 Å². The SMILES string of the molecule is CCOC(=O)C(=O)c1cc(OC)c(OC)cc1O. The van der Waals surface area contributed by atoms with E-state index in [9.17, 15) is 14.7 Å². The van der Waals surface area contributed by atoms with Gasteiger partial charge >= 0.3 is 5.97 Å². The van der Waals surface area contributed by atoms with Crippen LogP contribution < -0.4 is 9.47 Å². The third-order valence-electron chi connectivity index (χ3n) is 2.21. The second-order valence-electron chi connectivity index (χ2n) is 3.27. The number of hydrogen-bond donors (Lipinski definition) is 1. The van der Waals surface area contributed by atoms with Gasteiger partial charge in [-0.2, -0.15) is 0 Å². The summed E-state index contributed by atoms with van der Waals surface area (Å²) in [6.07, 6.45) is 0. The third-order valence-corrected chi connectivity index (χ3v) is 2.21. The lowest BCUT2D eigenvalue weighted by atomic mass is 10.1. The second kappa shape index (κ2) is 5.90. The molecule has 6 heteroatoms. The zero-order valence-electron chi connectivity index (χ0n) is 10.4. The molecular formula is C12H14O6. The Morgan fingerprint density at radius 2 is 1.72 bits per heavy atom. The summed E-state index contributed by atoms with van der Waals surface area (Å²) < 4.78 is 14.5. The molecule has 1 aromatic carbocycles. The number of esters is 1.